The van der Waals surface area contributed by atoms with Gasteiger partial charge in [0.05, 0.1) is 11.1 Å². The third kappa shape index (κ3) is 4.51. The Hall–Kier alpha value is -2.32. The minimum absolute atomic E-state index is 0.0888. The zero-order valence-electron chi connectivity index (χ0n) is 14.4. The highest BCUT2D eigenvalue weighted by Gasteiger charge is 2.37. The number of halogens is 6. The highest BCUT2D eigenvalue weighted by atomic mass is 19.4. The summed E-state index contributed by atoms with van der Waals surface area (Å²) >= 11 is 0. The van der Waals surface area contributed by atoms with E-state index in [-0.39, 0.29) is 29.1 Å². The number of nitrogens with zero attached hydrogens (tertiary/aromatic N) is 2. The monoisotopic (exact) mass is 389 g/mol. The number of anilines is 1. The van der Waals surface area contributed by atoms with Crippen molar-refractivity contribution >= 4 is 5.82 Å². The fourth-order valence-corrected chi connectivity index (χ4v) is 3.17. The van der Waals surface area contributed by atoms with Crippen molar-refractivity contribution in [3.05, 3.63) is 41.3 Å². The Bertz CT molecular complexity index is 791. The van der Waals surface area contributed by atoms with Crippen molar-refractivity contribution in [3.63, 3.8) is 0 Å². The molecule has 1 fully saturated rings. The summed E-state index contributed by atoms with van der Waals surface area (Å²) in [6.45, 7) is 1.61. The number of aryl methyl sites for hydroxylation is 1. The van der Waals surface area contributed by atoms with Crippen LogP contribution in [0.3, 0.4) is 0 Å². The molecule has 27 heavy (non-hydrogen) atoms. The Balaban J connectivity index is 2.12. The van der Waals surface area contributed by atoms with Crippen LogP contribution >= 0.6 is 0 Å². The maximum atomic E-state index is 13.1. The van der Waals surface area contributed by atoms with Gasteiger partial charge in [-0.1, -0.05) is 12.8 Å². The summed E-state index contributed by atoms with van der Waals surface area (Å²) < 4.78 is 78.8. The summed E-state index contributed by atoms with van der Waals surface area (Å²) in [5.41, 5.74) is -2.83. The highest BCUT2D eigenvalue weighted by Crippen LogP contribution is 2.40. The average Bonchev–Trinajstić information content (AvgIpc) is 3.06. The van der Waals surface area contributed by atoms with Gasteiger partial charge in [0, 0.05) is 17.8 Å². The number of hydrogen-bond acceptors (Lipinski definition) is 3. The Morgan fingerprint density at radius 2 is 1.48 bits per heavy atom. The molecule has 2 aromatic rings. The molecule has 1 aromatic heterocycles. The first-order chi connectivity index (χ1) is 12.5. The van der Waals surface area contributed by atoms with Gasteiger partial charge < -0.3 is 5.32 Å². The minimum atomic E-state index is -4.90. The zero-order valence-corrected chi connectivity index (χ0v) is 14.4. The van der Waals surface area contributed by atoms with E-state index in [0.717, 1.165) is 25.7 Å². The van der Waals surface area contributed by atoms with E-state index < -0.39 is 23.5 Å². The topological polar surface area (TPSA) is 37.8 Å². The van der Waals surface area contributed by atoms with Crippen LogP contribution < -0.4 is 5.32 Å². The number of aromatic nitrogens is 2. The Kier molecular flexibility index (Phi) is 5.05. The van der Waals surface area contributed by atoms with E-state index in [1.54, 1.807) is 6.92 Å². The van der Waals surface area contributed by atoms with E-state index in [9.17, 15) is 26.3 Å². The molecule has 1 aliphatic carbocycles. The van der Waals surface area contributed by atoms with Crippen molar-refractivity contribution in [1.29, 1.82) is 0 Å². The van der Waals surface area contributed by atoms with Gasteiger partial charge in [-0.05, 0) is 43.5 Å². The van der Waals surface area contributed by atoms with Gasteiger partial charge in [0.1, 0.15) is 11.6 Å². The van der Waals surface area contributed by atoms with Crippen molar-refractivity contribution in [2.45, 2.75) is 51.0 Å². The molecule has 0 radical (unpaired) electrons. The first-order valence-corrected chi connectivity index (χ1v) is 8.44. The van der Waals surface area contributed by atoms with Gasteiger partial charge in [0.2, 0.25) is 0 Å². The van der Waals surface area contributed by atoms with E-state index in [1.165, 1.54) is 6.20 Å². The van der Waals surface area contributed by atoms with Crippen LogP contribution in [0.25, 0.3) is 11.1 Å². The molecule has 1 aliphatic rings. The van der Waals surface area contributed by atoms with Crippen LogP contribution in [-0.4, -0.2) is 16.0 Å². The molecule has 1 aromatic carbocycles. The standard InChI is InChI=1S/C18H17F6N3/c1-10-25-9-15(16(26-10)27-14-4-2-3-5-14)11-6-12(17(19,20)21)8-13(7-11)18(22,23)24/h6-9,14H,2-5H2,1H3,(H,25,26,27). The lowest BCUT2D eigenvalue weighted by Crippen LogP contribution is -2.17. The van der Waals surface area contributed by atoms with Gasteiger partial charge in [0.15, 0.2) is 0 Å². The van der Waals surface area contributed by atoms with Gasteiger partial charge >= 0.3 is 12.4 Å². The van der Waals surface area contributed by atoms with E-state index in [4.69, 9.17) is 0 Å². The molecule has 0 spiro atoms. The molecule has 0 aliphatic heterocycles. The van der Waals surface area contributed by atoms with Crippen molar-refractivity contribution in [3.8, 4) is 11.1 Å². The number of nitrogens with one attached hydrogen (secondary N) is 1. The van der Waals surface area contributed by atoms with Crippen LogP contribution in [0.2, 0.25) is 0 Å². The van der Waals surface area contributed by atoms with Gasteiger partial charge in [-0.3, -0.25) is 0 Å². The molecular weight excluding hydrogens is 372 g/mol. The highest BCUT2D eigenvalue weighted by molar-refractivity contribution is 5.76. The third-order valence-corrected chi connectivity index (χ3v) is 4.50. The Morgan fingerprint density at radius 1 is 0.926 bits per heavy atom. The number of alkyl halides is 6. The van der Waals surface area contributed by atoms with Crippen molar-refractivity contribution < 1.29 is 26.3 Å². The van der Waals surface area contributed by atoms with Crippen LogP contribution in [0.15, 0.2) is 24.4 Å². The van der Waals surface area contributed by atoms with Gasteiger partial charge in [0.25, 0.3) is 0 Å². The number of benzene rings is 1. The maximum absolute atomic E-state index is 13.1. The van der Waals surface area contributed by atoms with Crippen molar-refractivity contribution in [2.75, 3.05) is 5.32 Å². The smallest absolute Gasteiger partial charge is 0.367 e. The van der Waals surface area contributed by atoms with Gasteiger partial charge in [-0.25, -0.2) is 9.97 Å². The molecule has 1 heterocycles. The van der Waals surface area contributed by atoms with E-state index in [2.05, 4.69) is 15.3 Å². The normalized spacial score (nSPS) is 16.0. The number of hydrogen-bond donors (Lipinski definition) is 1. The molecule has 3 rings (SSSR count). The van der Waals surface area contributed by atoms with E-state index >= 15 is 0 Å². The molecule has 0 amide bonds. The van der Waals surface area contributed by atoms with Crippen LogP contribution in [0.4, 0.5) is 32.2 Å². The minimum Gasteiger partial charge on any atom is -0.367 e. The Morgan fingerprint density at radius 3 is 2.00 bits per heavy atom. The SMILES string of the molecule is Cc1ncc(-c2cc(C(F)(F)F)cc(C(F)(F)F)c2)c(NC2CCCC2)n1. The molecule has 0 atom stereocenters. The van der Waals surface area contributed by atoms with Gasteiger partial charge in [-0.2, -0.15) is 26.3 Å². The molecule has 9 heteroatoms. The van der Waals surface area contributed by atoms with E-state index in [1.807, 2.05) is 0 Å². The summed E-state index contributed by atoms with van der Waals surface area (Å²) in [7, 11) is 0. The second kappa shape index (κ2) is 7.01. The summed E-state index contributed by atoms with van der Waals surface area (Å²) in [5, 5.41) is 3.15. The van der Waals surface area contributed by atoms with Crippen molar-refractivity contribution in [2.24, 2.45) is 0 Å². The first kappa shape index (κ1) is 19.4. The lowest BCUT2D eigenvalue weighted by atomic mass is 10.00. The zero-order chi connectivity index (χ0) is 19.8. The molecular formula is C18H17F6N3. The van der Waals surface area contributed by atoms with Crippen LogP contribution in [0.1, 0.15) is 42.6 Å². The predicted octanol–water partition coefficient (Wildman–Crippen LogP) is 5.84. The second-order valence-electron chi connectivity index (χ2n) is 6.60. The number of rotatable bonds is 3. The summed E-state index contributed by atoms with van der Waals surface area (Å²) in [6.07, 6.45) is -4.77. The van der Waals surface area contributed by atoms with Crippen LogP contribution in [-0.2, 0) is 12.4 Å². The molecule has 1 saturated carbocycles. The fourth-order valence-electron chi connectivity index (χ4n) is 3.17. The van der Waals surface area contributed by atoms with Gasteiger partial charge in [-0.15, -0.1) is 0 Å². The molecule has 3 nitrogen and oxygen atoms in total. The fraction of sp³-hybridized carbons (Fsp3) is 0.444. The average molecular weight is 389 g/mol. The summed E-state index contributed by atoms with van der Waals surface area (Å²) in [5.74, 6) is 0.629. The van der Waals surface area contributed by atoms with Crippen LogP contribution in [0, 0.1) is 6.92 Å². The third-order valence-electron chi connectivity index (χ3n) is 4.50. The quantitative estimate of drug-likeness (QED) is 0.670. The second-order valence-corrected chi connectivity index (χ2v) is 6.60. The Labute approximate surface area is 151 Å². The predicted molar refractivity (Wildman–Crippen MR) is 88.1 cm³/mol. The summed E-state index contributed by atoms with van der Waals surface area (Å²) in [4.78, 5) is 8.17. The molecule has 0 unspecified atom stereocenters. The lowest BCUT2D eigenvalue weighted by molar-refractivity contribution is -0.143. The molecule has 0 bridgehead atoms. The van der Waals surface area contributed by atoms with E-state index in [0.29, 0.717) is 18.0 Å². The largest absolute Gasteiger partial charge is 0.416 e. The molecule has 1 N–H and O–H groups in total. The molecule has 0 saturated heterocycles. The lowest BCUT2D eigenvalue weighted by Gasteiger charge is -2.18. The van der Waals surface area contributed by atoms with Crippen molar-refractivity contribution in [1.82, 2.24) is 9.97 Å². The summed E-state index contributed by atoms with van der Waals surface area (Å²) in [6, 6.07) is 1.60. The van der Waals surface area contributed by atoms with Crippen LogP contribution in [0.5, 0.6) is 0 Å². The molecule has 146 valence electrons. The maximum Gasteiger partial charge on any atom is 0.416 e. The first-order valence-electron chi connectivity index (χ1n) is 8.44.